The first kappa shape index (κ1) is 20.4. The molecule has 1 aliphatic heterocycles. The summed E-state index contributed by atoms with van der Waals surface area (Å²) in [6.45, 7) is 5.06. The lowest BCUT2D eigenvalue weighted by molar-refractivity contribution is 0.383. The third kappa shape index (κ3) is 3.23. The van der Waals surface area contributed by atoms with Gasteiger partial charge in [-0.05, 0) is 60.5 Å². The predicted octanol–water partition coefficient (Wildman–Crippen LogP) is 4.88. The van der Waals surface area contributed by atoms with Crippen LogP contribution in [0, 0.1) is 6.92 Å². The molecule has 4 rings (SSSR count). The van der Waals surface area contributed by atoms with E-state index in [9.17, 15) is 0 Å². The van der Waals surface area contributed by atoms with Crippen LogP contribution in [-0.4, -0.2) is 34.5 Å². The third-order valence-electron chi connectivity index (χ3n) is 5.94. The highest BCUT2D eigenvalue weighted by Gasteiger charge is 2.27. The minimum Gasteiger partial charge on any atom is -0.496 e. The average Bonchev–Trinajstić information content (AvgIpc) is 2.76. The van der Waals surface area contributed by atoms with Crippen molar-refractivity contribution in [1.29, 1.82) is 0 Å². The average molecular weight is 408 g/mol. The predicted molar refractivity (Wildman–Crippen MR) is 120 cm³/mol. The number of rotatable bonds is 5. The summed E-state index contributed by atoms with van der Waals surface area (Å²) in [7, 11) is 6.82. The standard InChI is InChI=1S/C25H29NO4/c1-14-9-17-16(7-8-20(27-3)25(17)22(10-14)29-5)24-18-11-15(2)26-13-19(18)21(28-4)12-23(24)30-6/h7-10,12,15,26H,11,13H2,1-6H3. The number of aryl methyl sites for hydroxylation is 1. The Hall–Kier alpha value is -2.92. The summed E-state index contributed by atoms with van der Waals surface area (Å²) < 4.78 is 23.0. The number of methoxy groups -OCH3 is 4. The SMILES string of the molecule is COc1cc(OC)c(-c2ccc(OC)c3c(OC)cc(C)cc23)c2c1CNC(C)C2. The molecule has 0 saturated carbocycles. The molecule has 3 aromatic rings. The fraction of sp³-hybridized carbons (Fsp3) is 0.360. The van der Waals surface area contributed by atoms with Crippen LogP contribution < -0.4 is 24.3 Å². The third-order valence-corrected chi connectivity index (χ3v) is 5.94. The van der Waals surface area contributed by atoms with Crippen molar-refractivity contribution in [3.63, 3.8) is 0 Å². The smallest absolute Gasteiger partial charge is 0.130 e. The molecule has 0 aliphatic carbocycles. The second kappa shape index (κ2) is 8.07. The van der Waals surface area contributed by atoms with Gasteiger partial charge in [-0.15, -0.1) is 0 Å². The van der Waals surface area contributed by atoms with Crippen LogP contribution in [0.15, 0.2) is 30.3 Å². The van der Waals surface area contributed by atoms with Crippen molar-refractivity contribution in [1.82, 2.24) is 5.32 Å². The van der Waals surface area contributed by atoms with Crippen molar-refractivity contribution in [3.05, 3.63) is 47.0 Å². The molecule has 158 valence electrons. The number of ether oxygens (including phenoxy) is 4. The molecular weight excluding hydrogens is 378 g/mol. The number of fused-ring (bicyclic) bond motifs is 2. The van der Waals surface area contributed by atoms with Crippen LogP contribution in [0.5, 0.6) is 23.0 Å². The van der Waals surface area contributed by atoms with Gasteiger partial charge in [0, 0.05) is 29.8 Å². The van der Waals surface area contributed by atoms with Crippen molar-refractivity contribution in [2.75, 3.05) is 28.4 Å². The molecule has 0 saturated heterocycles. The first-order valence-electron chi connectivity index (χ1n) is 10.2. The monoisotopic (exact) mass is 407 g/mol. The molecule has 0 amide bonds. The summed E-state index contributed by atoms with van der Waals surface area (Å²) in [5.41, 5.74) is 5.81. The molecule has 1 aliphatic rings. The summed E-state index contributed by atoms with van der Waals surface area (Å²) in [5, 5.41) is 5.61. The Bertz CT molecular complexity index is 1110. The van der Waals surface area contributed by atoms with E-state index in [4.69, 9.17) is 18.9 Å². The number of hydrogen-bond donors (Lipinski definition) is 1. The molecule has 30 heavy (non-hydrogen) atoms. The highest BCUT2D eigenvalue weighted by Crippen LogP contribution is 2.47. The summed E-state index contributed by atoms with van der Waals surface area (Å²) >= 11 is 0. The lowest BCUT2D eigenvalue weighted by Crippen LogP contribution is -2.33. The van der Waals surface area contributed by atoms with Gasteiger partial charge in [0.25, 0.3) is 0 Å². The fourth-order valence-electron chi connectivity index (χ4n) is 4.54. The van der Waals surface area contributed by atoms with Crippen LogP contribution in [0.4, 0.5) is 0 Å². The van der Waals surface area contributed by atoms with E-state index in [1.54, 1.807) is 28.4 Å². The molecule has 0 spiro atoms. The molecule has 1 atom stereocenters. The van der Waals surface area contributed by atoms with Crippen LogP contribution in [0.1, 0.15) is 23.6 Å². The van der Waals surface area contributed by atoms with Crippen LogP contribution in [0.25, 0.3) is 21.9 Å². The van der Waals surface area contributed by atoms with E-state index < -0.39 is 0 Å². The Morgan fingerprint density at radius 1 is 0.800 bits per heavy atom. The second-order valence-corrected chi connectivity index (χ2v) is 7.80. The summed E-state index contributed by atoms with van der Waals surface area (Å²) in [6, 6.07) is 10.7. The van der Waals surface area contributed by atoms with Crippen molar-refractivity contribution in [2.45, 2.75) is 32.9 Å². The number of benzene rings is 3. The van der Waals surface area contributed by atoms with E-state index in [1.165, 1.54) is 11.1 Å². The van der Waals surface area contributed by atoms with E-state index >= 15 is 0 Å². The van der Waals surface area contributed by atoms with Gasteiger partial charge in [0.1, 0.15) is 23.0 Å². The van der Waals surface area contributed by atoms with Gasteiger partial charge >= 0.3 is 0 Å². The van der Waals surface area contributed by atoms with Crippen molar-refractivity contribution in [2.24, 2.45) is 0 Å². The molecular formula is C25H29NO4. The molecule has 1 N–H and O–H groups in total. The van der Waals surface area contributed by atoms with Gasteiger partial charge in [0.2, 0.25) is 0 Å². The van der Waals surface area contributed by atoms with Crippen LogP contribution >= 0.6 is 0 Å². The summed E-state index contributed by atoms with van der Waals surface area (Å²) in [4.78, 5) is 0. The van der Waals surface area contributed by atoms with Gasteiger partial charge in [-0.1, -0.05) is 6.07 Å². The normalized spacial score (nSPS) is 15.6. The van der Waals surface area contributed by atoms with Crippen LogP contribution in [-0.2, 0) is 13.0 Å². The van der Waals surface area contributed by atoms with Gasteiger partial charge in [0.15, 0.2) is 0 Å². The van der Waals surface area contributed by atoms with Gasteiger partial charge in [0.05, 0.1) is 33.8 Å². The highest BCUT2D eigenvalue weighted by atomic mass is 16.5. The van der Waals surface area contributed by atoms with Gasteiger partial charge in [-0.2, -0.15) is 0 Å². The molecule has 0 fully saturated rings. The van der Waals surface area contributed by atoms with Crippen LogP contribution in [0.2, 0.25) is 0 Å². The van der Waals surface area contributed by atoms with Crippen LogP contribution in [0.3, 0.4) is 0 Å². The van der Waals surface area contributed by atoms with Gasteiger partial charge in [-0.3, -0.25) is 0 Å². The molecule has 1 heterocycles. The molecule has 0 aromatic heterocycles. The Kier molecular flexibility index (Phi) is 5.48. The minimum absolute atomic E-state index is 0.369. The maximum Gasteiger partial charge on any atom is 0.130 e. The molecule has 1 unspecified atom stereocenters. The van der Waals surface area contributed by atoms with E-state index in [-0.39, 0.29) is 0 Å². The van der Waals surface area contributed by atoms with Gasteiger partial charge in [-0.25, -0.2) is 0 Å². The van der Waals surface area contributed by atoms with E-state index in [0.29, 0.717) is 6.04 Å². The fourth-order valence-corrected chi connectivity index (χ4v) is 4.54. The largest absolute Gasteiger partial charge is 0.496 e. The Morgan fingerprint density at radius 3 is 2.17 bits per heavy atom. The number of hydrogen-bond acceptors (Lipinski definition) is 5. The Labute approximate surface area is 177 Å². The zero-order valence-electron chi connectivity index (χ0n) is 18.5. The maximum atomic E-state index is 5.87. The second-order valence-electron chi connectivity index (χ2n) is 7.80. The van der Waals surface area contributed by atoms with E-state index in [0.717, 1.165) is 63.4 Å². The van der Waals surface area contributed by atoms with Crippen molar-refractivity contribution in [3.8, 4) is 34.1 Å². The zero-order chi connectivity index (χ0) is 21.4. The Morgan fingerprint density at radius 2 is 1.50 bits per heavy atom. The van der Waals surface area contributed by atoms with Crippen molar-refractivity contribution >= 4 is 10.8 Å². The maximum absolute atomic E-state index is 5.87. The molecule has 3 aromatic carbocycles. The van der Waals surface area contributed by atoms with Crippen molar-refractivity contribution < 1.29 is 18.9 Å². The quantitative estimate of drug-likeness (QED) is 0.653. The lowest BCUT2D eigenvalue weighted by atomic mass is 9.85. The summed E-state index contributed by atoms with van der Waals surface area (Å²) in [6.07, 6.45) is 0.898. The molecule has 5 heteroatoms. The minimum atomic E-state index is 0.369. The molecule has 0 radical (unpaired) electrons. The van der Waals surface area contributed by atoms with E-state index in [2.05, 4.69) is 31.3 Å². The summed E-state index contributed by atoms with van der Waals surface area (Å²) in [5.74, 6) is 3.27. The van der Waals surface area contributed by atoms with Gasteiger partial charge < -0.3 is 24.3 Å². The highest BCUT2D eigenvalue weighted by molar-refractivity contribution is 6.05. The lowest BCUT2D eigenvalue weighted by Gasteiger charge is -2.29. The number of nitrogens with one attached hydrogen (secondary N) is 1. The zero-order valence-corrected chi connectivity index (χ0v) is 18.5. The van der Waals surface area contributed by atoms with E-state index in [1.807, 2.05) is 18.2 Å². The Balaban J connectivity index is 2.12. The molecule has 0 bridgehead atoms. The molecule has 5 nitrogen and oxygen atoms in total. The first-order chi connectivity index (χ1) is 14.5. The first-order valence-corrected chi connectivity index (χ1v) is 10.2. The topological polar surface area (TPSA) is 49.0 Å².